The van der Waals surface area contributed by atoms with Crippen LogP contribution >= 0.6 is 0 Å². The fourth-order valence-electron chi connectivity index (χ4n) is 8.04. The van der Waals surface area contributed by atoms with Gasteiger partial charge in [-0.05, 0) is 0 Å². The van der Waals surface area contributed by atoms with Gasteiger partial charge in [0.25, 0.3) is 0 Å². The number of benzene rings is 4. The molecule has 0 amide bonds. The summed E-state index contributed by atoms with van der Waals surface area (Å²) in [6.45, 7) is 9.50. The number of aryl methyl sites for hydroxylation is 2. The number of fused-ring (bicyclic) bond motifs is 6. The number of rotatable bonds is 2. The Morgan fingerprint density at radius 3 is 1.34 bits per heavy atom. The fourth-order valence-corrected chi connectivity index (χ4v) is 25.8. The maximum atomic E-state index is 2.74. The van der Waals surface area contributed by atoms with Gasteiger partial charge >= 0.3 is 234 Å². The Hall–Kier alpha value is -2.77. The maximum absolute atomic E-state index is 3.00. The van der Waals surface area contributed by atoms with Gasteiger partial charge in [0, 0.05) is 0 Å². The van der Waals surface area contributed by atoms with Crippen molar-refractivity contribution in [2.24, 2.45) is 5.41 Å². The van der Waals surface area contributed by atoms with Crippen LogP contribution in [-0.2, 0) is 20.0 Å². The molecule has 0 nitrogen and oxygen atoms in total. The monoisotopic (exact) mass is 660 g/mol. The summed E-state index contributed by atoms with van der Waals surface area (Å²) in [6, 6.07) is 32.0. The molecule has 1 heterocycles. The zero-order chi connectivity index (χ0) is 26.4. The van der Waals surface area contributed by atoms with Crippen LogP contribution in [0.3, 0.4) is 0 Å². The summed E-state index contributed by atoms with van der Waals surface area (Å²) in [6.07, 6.45) is 5.23. The van der Waals surface area contributed by atoms with Gasteiger partial charge < -0.3 is 0 Å². The van der Waals surface area contributed by atoms with E-state index in [4.69, 9.17) is 0 Å². The molecule has 1 fully saturated rings. The summed E-state index contributed by atoms with van der Waals surface area (Å²) in [4.78, 5) is 0. The van der Waals surface area contributed by atoms with E-state index in [-0.39, 0.29) is 5.41 Å². The van der Waals surface area contributed by atoms with Crippen LogP contribution in [0.5, 0.6) is 0 Å². The Balaban J connectivity index is 1.45. The summed E-state index contributed by atoms with van der Waals surface area (Å²) in [7, 11) is 0. The van der Waals surface area contributed by atoms with Crippen LogP contribution in [0.4, 0.5) is 0 Å². The molecule has 1 saturated heterocycles. The van der Waals surface area contributed by atoms with E-state index in [1.165, 1.54) is 44.5 Å². The van der Waals surface area contributed by atoms with Crippen LogP contribution in [0, 0.1) is 19.3 Å². The Kier molecular flexibility index (Phi) is 5.34. The molecule has 4 aromatic rings. The molecule has 0 saturated carbocycles. The van der Waals surface area contributed by atoms with Crippen LogP contribution in [0.2, 0.25) is 9.36 Å². The van der Waals surface area contributed by atoms with Crippen molar-refractivity contribution in [1.29, 1.82) is 0 Å². The van der Waals surface area contributed by atoms with Gasteiger partial charge in [0.15, 0.2) is 0 Å². The Labute approximate surface area is 232 Å². The quantitative estimate of drug-likeness (QED) is 0.188. The summed E-state index contributed by atoms with van der Waals surface area (Å²) >= 11 is -3.00. The van der Waals surface area contributed by atoms with E-state index < -0.39 is 20.0 Å². The van der Waals surface area contributed by atoms with Gasteiger partial charge in [0.2, 0.25) is 0 Å². The molecule has 0 spiro atoms. The van der Waals surface area contributed by atoms with Crippen molar-refractivity contribution in [2.45, 2.75) is 44.4 Å². The third kappa shape index (κ3) is 3.24. The molecule has 1 heteroatoms. The Morgan fingerprint density at radius 1 is 0.526 bits per heavy atom. The van der Waals surface area contributed by atoms with Crippen molar-refractivity contribution in [3.8, 4) is 22.3 Å². The number of hydrogen-bond acceptors (Lipinski definition) is 0. The average Bonchev–Trinajstić information content (AvgIpc) is 3.50. The Bertz CT molecular complexity index is 1570. The van der Waals surface area contributed by atoms with Crippen molar-refractivity contribution in [1.82, 2.24) is 0 Å². The van der Waals surface area contributed by atoms with Gasteiger partial charge in [-0.2, -0.15) is 0 Å². The van der Waals surface area contributed by atoms with Crippen LogP contribution < -0.4 is 0 Å². The molecule has 0 bridgehead atoms. The fraction of sp³-hybridized carbons (Fsp3) is 0.243. The van der Waals surface area contributed by atoms with Crippen LogP contribution in [0.15, 0.2) is 96.1 Å². The van der Waals surface area contributed by atoms with Gasteiger partial charge in [-0.1, -0.05) is 0 Å². The van der Waals surface area contributed by atoms with Gasteiger partial charge in [-0.3, -0.25) is 0 Å². The summed E-state index contributed by atoms with van der Waals surface area (Å²) in [5.41, 5.74) is 17.8. The van der Waals surface area contributed by atoms with Gasteiger partial charge in [-0.15, -0.1) is 0 Å². The van der Waals surface area contributed by atoms with Crippen molar-refractivity contribution in [3.63, 3.8) is 0 Å². The minimum atomic E-state index is -3.00. The first-order valence-electron chi connectivity index (χ1n) is 14.0. The summed E-state index contributed by atoms with van der Waals surface area (Å²) in [5.74, 6) is 0. The minimum absolute atomic E-state index is 0.0366. The average molecular weight is 659 g/mol. The van der Waals surface area contributed by atoms with Crippen molar-refractivity contribution in [3.05, 3.63) is 129 Å². The molecule has 2 unspecified atom stereocenters. The first kappa shape index (κ1) is 24.3. The predicted molar refractivity (Wildman–Crippen MR) is 160 cm³/mol. The first-order valence-corrected chi connectivity index (χ1v) is 25.4. The van der Waals surface area contributed by atoms with Gasteiger partial charge in [-0.25, -0.2) is 0 Å². The predicted octanol–water partition coefficient (Wildman–Crippen LogP) is 10.5. The Morgan fingerprint density at radius 2 is 0.921 bits per heavy atom. The molecule has 3 aliphatic rings. The third-order valence-electron chi connectivity index (χ3n) is 9.93. The number of allylic oxidation sites excluding steroid dienone is 2. The van der Waals surface area contributed by atoms with Crippen molar-refractivity contribution < 1.29 is 20.0 Å². The zero-order valence-electron chi connectivity index (χ0n) is 23.4. The van der Waals surface area contributed by atoms with E-state index in [1.807, 2.05) is 0 Å². The van der Waals surface area contributed by atoms with Crippen LogP contribution in [0.1, 0.15) is 54.6 Å². The molecular formula is C37H36Hf. The molecule has 0 radical (unpaired) electrons. The van der Waals surface area contributed by atoms with Crippen LogP contribution in [-0.4, -0.2) is 0 Å². The SMILES string of the molecule is Cc1ccccc1-c1cccc2c1C=C1[CH]2[Hf]([CH3])([CH3])[CH]2C(=Cc3c(-c4ccccc4C)cccc32)C1(C)C. The first-order chi connectivity index (χ1) is 18.2. The molecule has 188 valence electrons. The van der Waals surface area contributed by atoms with E-state index in [2.05, 4.69) is 134 Å². The van der Waals surface area contributed by atoms with E-state index in [1.54, 1.807) is 22.3 Å². The van der Waals surface area contributed by atoms with Gasteiger partial charge in [0.05, 0.1) is 0 Å². The van der Waals surface area contributed by atoms with Crippen molar-refractivity contribution >= 4 is 12.2 Å². The van der Waals surface area contributed by atoms with E-state index in [0.717, 1.165) is 0 Å². The summed E-state index contributed by atoms with van der Waals surface area (Å²) in [5, 5.41) is 0. The van der Waals surface area contributed by atoms with Gasteiger partial charge in [0.1, 0.15) is 0 Å². The van der Waals surface area contributed by atoms with E-state index >= 15 is 0 Å². The number of hydrogen-bond donors (Lipinski definition) is 0. The molecular weight excluding hydrogens is 623 g/mol. The second-order valence-corrected chi connectivity index (χ2v) is 30.0. The standard InChI is InChI=1S/C35H30.2CH3.Hf/c1-23-11-5-7-15-29(23)31-17-9-13-25-19-27(21-33(25)31)35(3,4)28-20-26-14-10-18-32(34(26)22-28)30-16-8-6-12-24(30)2;;;/h5-22H,1-4H3;2*1H3;. The van der Waals surface area contributed by atoms with E-state index in [0.29, 0.717) is 7.35 Å². The second-order valence-electron chi connectivity index (χ2n) is 12.8. The second kappa shape index (κ2) is 8.36. The topological polar surface area (TPSA) is 0 Å². The van der Waals surface area contributed by atoms with Crippen LogP contribution in [0.25, 0.3) is 34.4 Å². The van der Waals surface area contributed by atoms with Crippen molar-refractivity contribution in [2.75, 3.05) is 0 Å². The molecule has 1 aliphatic heterocycles. The normalized spacial score (nSPS) is 21.6. The van der Waals surface area contributed by atoms with E-state index in [9.17, 15) is 0 Å². The molecule has 2 atom stereocenters. The molecule has 0 aromatic heterocycles. The molecule has 0 N–H and O–H groups in total. The molecule has 7 rings (SSSR count). The third-order valence-corrected chi connectivity index (χ3v) is 25.1. The summed E-state index contributed by atoms with van der Waals surface area (Å²) < 4.78 is 6.72. The molecule has 4 aromatic carbocycles. The zero-order valence-corrected chi connectivity index (χ0v) is 27.0. The molecule has 2 aliphatic carbocycles. The molecule has 38 heavy (non-hydrogen) atoms.